The standard InChI is InChI=1S/C13H9ClFNO4/c14-10-3-1-2-8(7-17)13(10)20-9-4-5-12(16(18)19)11(15)6-9/h1-6,17H,7H2. The van der Waals surface area contributed by atoms with Gasteiger partial charge < -0.3 is 9.84 Å². The van der Waals surface area contributed by atoms with Gasteiger partial charge in [0.1, 0.15) is 5.75 Å². The average molecular weight is 298 g/mol. The Morgan fingerprint density at radius 2 is 2.10 bits per heavy atom. The van der Waals surface area contributed by atoms with Gasteiger partial charge in [-0.2, -0.15) is 4.39 Å². The van der Waals surface area contributed by atoms with Gasteiger partial charge in [0.25, 0.3) is 0 Å². The highest BCUT2D eigenvalue weighted by molar-refractivity contribution is 6.32. The van der Waals surface area contributed by atoms with Gasteiger partial charge in [-0.15, -0.1) is 0 Å². The van der Waals surface area contributed by atoms with Crippen molar-refractivity contribution in [1.29, 1.82) is 0 Å². The maximum absolute atomic E-state index is 13.5. The van der Waals surface area contributed by atoms with Gasteiger partial charge in [0.05, 0.1) is 16.6 Å². The summed E-state index contributed by atoms with van der Waals surface area (Å²) in [4.78, 5) is 9.69. The number of aliphatic hydroxyl groups excluding tert-OH is 1. The second kappa shape index (κ2) is 5.85. The number of benzene rings is 2. The van der Waals surface area contributed by atoms with Crippen molar-refractivity contribution in [2.24, 2.45) is 0 Å². The number of rotatable bonds is 4. The maximum Gasteiger partial charge on any atom is 0.305 e. The van der Waals surface area contributed by atoms with E-state index in [0.29, 0.717) is 5.56 Å². The molecule has 5 nitrogen and oxygen atoms in total. The molecule has 0 fully saturated rings. The fraction of sp³-hybridized carbons (Fsp3) is 0.0769. The number of nitrogens with zero attached hydrogens (tertiary/aromatic N) is 1. The van der Waals surface area contributed by atoms with Crippen molar-refractivity contribution in [3.8, 4) is 11.5 Å². The molecule has 104 valence electrons. The van der Waals surface area contributed by atoms with Gasteiger partial charge in [-0.3, -0.25) is 10.1 Å². The van der Waals surface area contributed by atoms with Crippen LogP contribution >= 0.6 is 11.6 Å². The van der Waals surface area contributed by atoms with Gasteiger partial charge in [0.15, 0.2) is 5.75 Å². The Balaban J connectivity index is 2.36. The summed E-state index contributed by atoms with van der Waals surface area (Å²) in [5.74, 6) is -0.772. The van der Waals surface area contributed by atoms with Gasteiger partial charge in [-0.1, -0.05) is 23.7 Å². The lowest BCUT2D eigenvalue weighted by Gasteiger charge is -2.11. The first-order chi connectivity index (χ1) is 9.52. The number of para-hydroxylation sites is 1. The zero-order valence-electron chi connectivity index (χ0n) is 10.0. The fourth-order valence-corrected chi connectivity index (χ4v) is 1.84. The largest absolute Gasteiger partial charge is 0.455 e. The Hall–Kier alpha value is -2.18. The summed E-state index contributed by atoms with van der Waals surface area (Å²) >= 11 is 5.94. The van der Waals surface area contributed by atoms with Crippen LogP contribution in [0.5, 0.6) is 11.5 Å². The number of halogens is 2. The molecule has 0 radical (unpaired) electrons. The van der Waals surface area contributed by atoms with Crippen LogP contribution in [-0.4, -0.2) is 10.0 Å². The molecule has 0 saturated carbocycles. The van der Waals surface area contributed by atoms with Crippen LogP contribution in [0.3, 0.4) is 0 Å². The minimum Gasteiger partial charge on any atom is -0.455 e. The Labute approximate surface area is 118 Å². The van der Waals surface area contributed by atoms with Crippen LogP contribution < -0.4 is 4.74 Å². The molecule has 2 rings (SSSR count). The van der Waals surface area contributed by atoms with Crippen LogP contribution in [0.4, 0.5) is 10.1 Å². The molecule has 0 atom stereocenters. The molecule has 2 aromatic carbocycles. The molecule has 0 amide bonds. The number of aliphatic hydroxyl groups is 1. The van der Waals surface area contributed by atoms with E-state index in [1.54, 1.807) is 18.2 Å². The van der Waals surface area contributed by atoms with Gasteiger partial charge in [-0.05, 0) is 12.1 Å². The Morgan fingerprint density at radius 1 is 1.35 bits per heavy atom. The Morgan fingerprint density at radius 3 is 2.70 bits per heavy atom. The first-order valence-electron chi connectivity index (χ1n) is 5.53. The van der Waals surface area contributed by atoms with E-state index in [4.69, 9.17) is 16.3 Å². The molecule has 0 spiro atoms. The van der Waals surface area contributed by atoms with Crippen molar-refractivity contribution >= 4 is 17.3 Å². The lowest BCUT2D eigenvalue weighted by atomic mass is 10.2. The summed E-state index contributed by atoms with van der Waals surface area (Å²) in [7, 11) is 0. The number of nitro groups is 1. The van der Waals surface area contributed by atoms with E-state index in [1.807, 2.05) is 0 Å². The summed E-state index contributed by atoms with van der Waals surface area (Å²) in [5, 5.41) is 20.0. The number of hydrogen-bond acceptors (Lipinski definition) is 4. The fourth-order valence-electron chi connectivity index (χ4n) is 1.61. The average Bonchev–Trinajstić information content (AvgIpc) is 2.40. The summed E-state index contributed by atoms with van der Waals surface area (Å²) in [6.45, 7) is -0.300. The van der Waals surface area contributed by atoms with Gasteiger partial charge in [-0.25, -0.2) is 0 Å². The van der Waals surface area contributed by atoms with E-state index >= 15 is 0 Å². The van der Waals surface area contributed by atoms with Crippen molar-refractivity contribution in [3.63, 3.8) is 0 Å². The minimum absolute atomic E-state index is 0.0518. The van der Waals surface area contributed by atoms with E-state index in [0.717, 1.165) is 12.1 Å². The van der Waals surface area contributed by atoms with E-state index in [-0.39, 0.29) is 23.1 Å². The second-order valence-corrected chi connectivity index (χ2v) is 4.27. The van der Waals surface area contributed by atoms with E-state index in [2.05, 4.69) is 0 Å². The third-order valence-corrected chi connectivity index (χ3v) is 2.85. The monoisotopic (exact) mass is 297 g/mol. The highest BCUT2D eigenvalue weighted by Crippen LogP contribution is 2.34. The molecule has 0 aromatic heterocycles. The lowest BCUT2D eigenvalue weighted by molar-refractivity contribution is -0.387. The molecular weight excluding hydrogens is 289 g/mol. The van der Waals surface area contributed by atoms with Crippen molar-refractivity contribution in [2.45, 2.75) is 6.61 Å². The molecule has 0 heterocycles. The van der Waals surface area contributed by atoms with Crippen LogP contribution in [0.25, 0.3) is 0 Å². The predicted molar refractivity (Wildman–Crippen MR) is 70.5 cm³/mol. The topological polar surface area (TPSA) is 72.6 Å². The molecule has 2 aromatic rings. The SMILES string of the molecule is O=[N+]([O-])c1ccc(Oc2c(Cl)cccc2CO)cc1F. The Bertz CT molecular complexity index is 663. The smallest absolute Gasteiger partial charge is 0.305 e. The molecule has 20 heavy (non-hydrogen) atoms. The van der Waals surface area contributed by atoms with Crippen LogP contribution in [0, 0.1) is 15.9 Å². The van der Waals surface area contributed by atoms with Crippen molar-refractivity contribution in [3.05, 3.63) is 62.9 Å². The van der Waals surface area contributed by atoms with E-state index in [1.165, 1.54) is 6.07 Å². The van der Waals surface area contributed by atoms with Gasteiger partial charge >= 0.3 is 5.69 Å². The van der Waals surface area contributed by atoms with Crippen molar-refractivity contribution in [1.82, 2.24) is 0 Å². The number of hydrogen-bond donors (Lipinski definition) is 1. The quantitative estimate of drug-likeness (QED) is 0.690. The summed E-state index contributed by atoms with van der Waals surface area (Å²) in [5.41, 5.74) is -0.213. The molecule has 7 heteroatoms. The summed E-state index contributed by atoms with van der Waals surface area (Å²) < 4.78 is 18.9. The lowest BCUT2D eigenvalue weighted by Crippen LogP contribution is -1.95. The molecule has 0 aliphatic carbocycles. The number of nitro benzene ring substituents is 1. The zero-order valence-corrected chi connectivity index (χ0v) is 10.8. The van der Waals surface area contributed by atoms with E-state index < -0.39 is 16.4 Å². The highest BCUT2D eigenvalue weighted by atomic mass is 35.5. The maximum atomic E-state index is 13.5. The molecule has 0 aliphatic heterocycles. The molecule has 0 unspecified atom stereocenters. The predicted octanol–water partition coefficient (Wildman–Crippen LogP) is 3.67. The first-order valence-corrected chi connectivity index (χ1v) is 5.90. The molecule has 0 saturated heterocycles. The van der Waals surface area contributed by atoms with Crippen LogP contribution in [0.15, 0.2) is 36.4 Å². The third kappa shape index (κ3) is 2.87. The molecule has 0 bridgehead atoms. The Kier molecular flexibility index (Phi) is 4.16. The van der Waals surface area contributed by atoms with Gasteiger partial charge in [0, 0.05) is 17.7 Å². The zero-order chi connectivity index (χ0) is 14.7. The van der Waals surface area contributed by atoms with Crippen LogP contribution in [0.1, 0.15) is 5.56 Å². The first kappa shape index (κ1) is 14.2. The van der Waals surface area contributed by atoms with Crippen LogP contribution in [-0.2, 0) is 6.61 Å². The van der Waals surface area contributed by atoms with Crippen molar-refractivity contribution < 1.29 is 19.2 Å². The molecular formula is C13H9ClFNO4. The normalized spacial score (nSPS) is 10.3. The summed E-state index contributed by atoms with van der Waals surface area (Å²) in [6, 6.07) is 7.94. The summed E-state index contributed by atoms with van der Waals surface area (Å²) in [6.07, 6.45) is 0. The number of ether oxygens (including phenoxy) is 1. The second-order valence-electron chi connectivity index (χ2n) is 3.86. The highest BCUT2D eigenvalue weighted by Gasteiger charge is 2.16. The van der Waals surface area contributed by atoms with E-state index in [9.17, 15) is 19.6 Å². The third-order valence-electron chi connectivity index (χ3n) is 2.55. The minimum atomic E-state index is -1.01. The van der Waals surface area contributed by atoms with Crippen LogP contribution in [0.2, 0.25) is 5.02 Å². The molecule has 0 aliphatic rings. The molecule has 1 N–H and O–H groups in total. The van der Waals surface area contributed by atoms with Crippen molar-refractivity contribution in [2.75, 3.05) is 0 Å². The van der Waals surface area contributed by atoms with Gasteiger partial charge in [0.2, 0.25) is 5.82 Å².